The number of rotatable bonds is 5. The maximum atomic E-state index is 13.2. The molecule has 1 aliphatic heterocycles. The lowest BCUT2D eigenvalue weighted by Crippen LogP contribution is -2.40. The van der Waals surface area contributed by atoms with Crippen LogP contribution in [0.1, 0.15) is 15.9 Å². The van der Waals surface area contributed by atoms with Crippen LogP contribution in [0.5, 0.6) is 0 Å². The first-order chi connectivity index (χ1) is 12.5. The topological polar surface area (TPSA) is 75.7 Å². The third-order valence-corrected chi connectivity index (χ3v) is 5.98. The Labute approximate surface area is 151 Å². The number of hydrogen-bond acceptors (Lipinski definition) is 4. The van der Waals surface area contributed by atoms with Gasteiger partial charge in [-0.3, -0.25) is 4.79 Å². The van der Waals surface area contributed by atoms with Gasteiger partial charge in [-0.15, -0.1) is 0 Å². The van der Waals surface area contributed by atoms with Gasteiger partial charge in [-0.05, 0) is 35.9 Å². The van der Waals surface area contributed by atoms with Crippen molar-refractivity contribution in [2.45, 2.75) is 11.4 Å². The van der Waals surface area contributed by atoms with Crippen LogP contribution in [-0.4, -0.2) is 44.9 Å². The standard InChI is InChI=1S/C18H19FN2O4S/c19-16-3-1-2-15(12-16)18(22)20-13-14-4-6-17(7-5-14)26(23,24)21-8-10-25-11-9-21/h1-7,12H,8-11,13H2,(H,20,22). The van der Waals surface area contributed by atoms with Crippen LogP contribution in [0, 0.1) is 5.82 Å². The Kier molecular flexibility index (Phi) is 5.65. The summed E-state index contributed by atoms with van der Waals surface area (Å²) in [7, 11) is -3.53. The first-order valence-corrected chi connectivity index (χ1v) is 9.61. The van der Waals surface area contributed by atoms with Crippen LogP contribution in [0.15, 0.2) is 53.4 Å². The molecular weight excluding hydrogens is 359 g/mol. The van der Waals surface area contributed by atoms with Gasteiger partial charge in [0.1, 0.15) is 5.82 Å². The number of nitrogens with zero attached hydrogens (tertiary/aromatic N) is 1. The highest BCUT2D eigenvalue weighted by molar-refractivity contribution is 7.89. The van der Waals surface area contributed by atoms with Crippen molar-refractivity contribution < 1.29 is 22.3 Å². The first-order valence-electron chi connectivity index (χ1n) is 8.17. The van der Waals surface area contributed by atoms with Gasteiger partial charge in [0.15, 0.2) is 0 Å². The Bertz CT molecular complexity index is 878. The minimum atomic E-state index is -3.53. The summed E-state index contributed by atoms with van der Waals surface area (Å²) in [4.78, 5) is 12.2. The first kappa shape index (κ1) is 18.5. The number of amides is 1. The molecule has 0 unspecified atom stereocenters. The van der Waals surface area contributed by atoms with Crippen LogP contribution in [-0.2, 0) is 21.3 Å². The molecule has 1 saturated heterocycles. The van der Waals surface area contributed by atoms with Crippen molar-refractivity contribution in [3.63, 3.8) is 0 Å². The van der Waals surface area contributed by atoms with Gasteiger partial charge in [-0.1, -0.05) is 18.2 Å². The van der Waals surface area contributed by atoms with E-state index in [9.17, 15) is 17.6 Å². The van der Waals surface area contributed by atoms with Crippen molar-refractivity contribution in [2.24, 2.45) is 0 Å². The van der Waals surface area contributed by atoms with Gasteiger partial charge in [0.05, 0.1) is 18.1 Å². The van der Waals surface area contributed by atoms with E-state index in [0.29, 0.717) is 26.3 Å². The maximum absolute atomic E-state index is 13.2. The van der Waals surface area contributed by atoms with E-state index in [-0.39, 0.29) is 17.0 Å². The van der Waals surface area contributed by atoms with E-state index < -0.39 is 21.7 Å². The number of benzene rings is 2. The molecular formula is C18H19FN2O4S. The Morgan fingerprint density at radius 1 is 1.12 bits per heavy atom. The molecule has 2 aromatic rings. The lowest BCUT2D eigenvalue weighted by molar-refractivity contribution is 0.0730. The number of carbonyl (C=O) groups is 1. The van der Waals surface area contributed by atoms with E-state index in [2.05, 4.69) is 5.32 Å². The van der Waals surface area contributed by atoms with E-state index in [1.807, 2.05) is 0 Å². The molecule has 0 saturated carbocycles. The van der Waals surface area contributed by atoms with Gasteiger partial charge in [0.2, 0.25) is 10.0 Å². The van der Waals surface area contributed by atoms with E-state index >= 15 is 0 Å². The SMILES string of the molecule is O=C(NCc1ccc(S(=O)(=O)N2CCOCC2)cc1)c1cccc(F)c1. The van der Waals surface area contributed by atoms with Crippen molar-refractivity contribution in [2.75, 3.05) is 26.3 Å². The molecule has 26 heavy (non-hydrogen) atoms. The third-order valence-electron chi connectivity index (χ3n) is 4.07. The fourth-order valence-electron chi connectivity index (χ4n) is 2.63. The number of sulfonamides is 1. The second-order valence-electron chi connectivity index (χ2n) is 5.85. The average molecular weight is 378 g/mol. The lowest BCUT2D eigenvalue weighted by atomic mass is 10.2. The molecule has 138 valence electrons. The van der Waals surface area contributed by atoms with E-state index in [1.54, 1.807) is 12.1 Å². The van der Waals surface area contributed by atoms with E-state index in [0.717, 1.165) is 11.6 Å². The summed E-state index contributed by atoms with van der Waals surface area (Å²) in [6.45, 7) is 1.68. The average Bonchev–Trinajstić information content (AvgIpc) is 2.67. The van der Waals surface area contributed by atoms with Crippen LogP contribution >= 0.6 is 0 Å². The molecule has 0 bridgehead atoms. The zero-order valence-corrected chi connectivity index (χ0v) is 14.8. The molecule has 1 aliphatic rings. The molecule has 0 radical (unpaired) electrons. The number of morpholine rings is 1. The largest absolute Gasteiger partial charge is 0.379 e. The summed E-state index contributed by atoms with van der Waals surface area (Å²) in [5.41, 5.74) is 0.979. The van der Waals surface area contributed by atoms with Crippen molar-refractivity contribution in [3.05, 3.63) is 65.5 Å². The highest BCUT2D eigenvalue weighted by Crippen LogP contribution is 2.17. The van der Waals surface area contributed by atoms with Gasteiger partial charge >= 0.3 is 0 Å². The molecule has 1 fully saturated rings. The molecule has 0 aromatic heterocycles. The quantitative estimate of drug-likeness (QED) is 0.861. The highest BCUT2D eigenvalue weighted by atomic mass is 32.2. The fraction of sp³-hybridized carbons (Fsp3) is 0.278. The molecule has 8 heteroatoms. The molecule has 1 amide bonds. The Hall–Kier alpha value is -2.29. The minimum Gasteiger partial charge on any atom is -0.379 e. The van der Waals surface area contributed by atoms with Crippen LogP contribution in [0.4, 0.5) is 4.39 Å². The summed E-state index contributed by atoms with van der Waals surface area (Å²) < 4.78 is 44.8. The Balaban J connectivity index is 1.63. The third kappa shape index (κ3) is 4.27. The molecule has 0 aliphatic carbocycles. The van der Waals surface area contributed by atoms with E-state index in [4.69, 9.17) is 4.74 Å². The second-order valence-corrected chi connectivity index (χ2v) is 7.79. The van der Waals surface area contributed by atoms with Gasteiger partial charge < -0.3 is 10.1 Å². The molecule has 1 heterocycles. The van der Waals surface area contributed by atoms with Crippen LogP contribution in [0.2, 0.25) is 0 Å². The van der Waals surface area contributed by atoms with Crippen molar-refractivity contribution in [3.8, 4) is 0 Å². The van der Waals surface area contributed by atoms with Gasteiger partial charge in [-0.2, -0.15) is 4.31 Å². The fourth-order valence-corrected chi connectivity index (χ4v) is 4.04. The summed E-state index contributed by atoms with van der Waals surface area (Å²) in [6.07, 6.45) is 0. The van der Waals surface area contributed by atoms with E-state index in [1.165, 1.54) is 34.6 Å². The van der Waals surface area contributed by atoms with Crippen LogP contribution in [0.25, 0.3) is 0 Å². The lowest BCUT2D eigenvalue weighted by Gasteiger charge is -2.26. The molecule has 3 rings (SSSR count). The smallest absolute Gasteiger partial charge is 0.251 e. The zero-order chi connectivity index (χ0) is 18.6. The zero-order valence-electron chi connectivity index (χ0n) is 14.0. The Morgan fingerprint density at radius 2 is 1.81 bits per heavy atom. The van der Waals surface area contributed by atoms with Crippen LogP contribution in [0.3, 0.4) is 0 Å². The summed E-state index contributed by atoms with van der Waals surface area (Å²) in [5, 5.41) is 2.68. The van der Waals surface area contributed by atoms with Crippen molar-refractivity contribution in [1.82, 2.24) is 9.62 Å². The van der Waals surface area contributed by atoms with Crippen molar-refractivity contribution in [1.29, 1.82) is 0 Å². The maximum Gasteiger partial charge on any atom is 0.251 e. The monoisotopic (exact) mass is 378 g/mol. The predicted octanol–water partition coefficient (Wildman–Crippen LogP) is 1.78. The molecule has 6 nitrogen and oxygen atoms in total. The number of carbonyl (C=O) groups excluding carboxylic acids is 1. The highest BCUT2D eigenvalue weighted by Gasteiger charge is 2.26. The second kappa shape index (κ2) is 7.94. The molecule has 2 aromatic carbocycles. The normalized spacial score (nSPS) is 15.6. The van der Waals surface area contributed by atoms with Crippen LogP contribution < -0.4 is 5.32 Å². The molecule has 0 spiro atoms. The van der Waals surface area contributed by atoms with Gasteiger partial charge in [0.25, 0.3) is 5.91 Å². The summed E-state index contributed by atoms with van der Waals surface area (Å²) in [5.74, 6) is -0.871. The number of halogens is 1. The van der Waals surface area contributed by atoms with Crippen molar-refractivity contribution >= 4 is 15.9 Å². The number of hydrogen-bond donors (Lipinski definition) is 1. The number of ether oxygens (including phenoxy) is 1. The molecule has 0 atom stereocenters. The van der Waals surface area contributed by atoms with Gasteiger partial charge in [-0.25, -0.2) is 12.8 Å². The number of nitrogens with one attached hydrogen (secondary N) is 1. The Morgan fingerprint density at radius 3 is 2.46 bits per heavy atom. The van der Waals surface area contributed by atoms with Gasteiger partial charge in [0, 0.05) is 25.2 Å². The predicted molar refractivity (Wildman–Crippen MR) is 93.6 cm³/mol. The summed E-state index contributed by atoms with van der Waals surface area (Å²) >= 11 is 0. The minimum absolute atomic E-state index is 0.208. The molecule has 1 N–H and O–H groups in total. The summed E-state index contributed by atoms with van der Waals surface area (Å²) in [6, 6.07) is 11.8.